The number of para-hydroxylation sites is 1. The molecule has 0 saturated heterocycles. The fourth-order valence-corrected chi connectivity index (χ4v) is 3.99. The van der Waals surface area contributed by atoms with Gasteiger partial charge in [-0.05, 0) is 25.3 Å². The molecule has 0 amide bonds. The van der Waals surface area contributed by atoms with E-state index in [1.165, 1.54) is 12.1 Å². The summed E-state index contributed by atoms with van der Waals surface area (Å²) in [4.78, 5) is 10.2. The number of sulfone groups is 1. The van der Waals surface area contributed by atoms with Crippen LogP contribution in [0.4, 0.5) is 15.8 Å². The maximum Gasteiger partial charge on any atom is 0.295 e. The lowest BCUT2D eigenvalue weighted by atomic mass is 10.2. The average molecular weight is 302 g/mol. The van der Waals surface area contributed by atoms with Crippen LogP contribution in [0.3, 0.4) is 0 Å². The molecule has 6 nitrogen and oxygen atoms in total. The Labute approximate surface area is 116 Å². The van der Waals surface area contributed by atoms with Gasteiger partial charge in [-0.25, -0.2) is 12.8 Å². The highest BCUT2D eigenvalue weighted by Gasteiger charge is 2.36. The van der Waals surface area contributed by atoms with Gasteiger partial charge in [-0.15, -0.1) is 0 Å². The Morgan fingerprint density at radius 1 is 1.40 bits per heavy atom. The Hall–Kier alpha value is -1.70. The number of anilines is 1. The minimum Gasteiger partial charge on any atom is -0.373 e. The molecule has 1 N–H and O–H groups in total. The van der Waals surface area contributed by atoms with Crippen LogP contribution in [-0.4, -0.2) is 30.9 Å². The smallest absolute Gasteiger partial charge is 0.295 e. The van der Waals surface area contributed by atoms with Crippen molar-refractivity contribution in [3.8, 4) is 0 Å². The third kappa shape index (κ3) is 2.90. The van der Waals surface area contributed by atoms with Gasteiger partial charge in [0.15, 0.2) is 15.7 Å². The molecule has 8 heteroatoms. The van der Waals surface area contributed by atoms with Gasteiger partial charge in [0, 0.05) is 18.4 Å². The molecule has 1 aromatic carbocycles. The van der Waals surface area contributed by atoms with Gasteiger partial charge in [-0.3, -0.25) is 10.1 Å². The highest BCUT2D eigenvalue weighted by molar-refractivity contribution is 7.91. The molecule has 2 unspecified atom stereocenters. The average Bonchev–Trinajstić information content (AvgIpc) is 2.79. The summed E-state index contributed by atoms with van der Waals surface area (Å²) in [6.07, 6.45) is 2.85. The van der Waals surface area contributed by atoms with Crippen LogP contribution >= 0.6 is 0 Å². The van der Waals surface area contributed by atoms with Crippen molar-refractivity contribution >= 4 is 21.2 Å². The van der Waals surface area contributed by atoms with Crippen molar-refractivity contribution in [2.24, 2.45) is 0 Å². The standard InChI is InChI=1S/C12H15FN2O4S/c1-20(18,19)11-7-3-5-9(11)14-12-8(13)4-2-6-10(12)15(16)17/h2,4,6,9,11,14H,3,5,7H2,1H3. The van der Waals surface area contributed by atoms with E-state index in [2.05, 4.69) is 5.32 Å². The minimum atomic E-state index is -3.27. The van der Waals surface area contributed by atoms with E-state index in [1.807, 2.05) is 0 Å². The summed E-state index contributed by atoms with van der Waals surface area (Å²) in [6.45, 7) is 0. The molecule has 110 valence electrons. The first-order valence-corrected chi connectivity index (χ1v) is 8.14. The largest absolute Gasteiger partial charge is 0.373 e. The first kappa shape index (κ1) is 14.7. The molecule has 1 aliphatic rings. The molecule has 0 radical (unpaired) electrons. The molecule has 1 saturated carbocycles. The first-order valence-electron chi connectivity index (χ1n) is 6.19. The van der Waals surface area contributed by atoms with E-state index < -0.39 is 31.9 Å². The number of hydrogen-bond acceptors (Lipinski definition) is 5. The lowest BCUT2D eigenvalue weighted by molar-refractivity contribution is -0.384. The van der Waals surface area contributed by atoms with Crippen molar-refractivity contribution in [3.63, 3.8) is 0 Å². The van der Waals surface area contributed by atoms with Crippen molar-refractivity contribution in [3.05, 3.63) is 34.1 Å². The third-order valence-electron chi connectivity index (χ3n) is 3.52. The number of hydrogen-bond donors (Lipinski definition) is 1. The first-order chi connectivity index (χ1) is 9.30. The molecular formula is C12H15FN2O4S. The monoisotopic (exact) mass is 302 g/mol. The number of rotatable bonds is 4. The summed E-state index contributed by atoms with van der Waals surface area (Å²) in [7, 11) is -3.27. The zero-order chi connectivity index (χ0) is 14.9. The van der Waals surface area contributed by atoms with Crippen LogP contribution in [0.2, 0.25) is 0 Å². The Kier molecular flexibility index (Phi) is 3.94. The quantitative estimate of drug-likeness (QED) is 0.679. The Morgan fingerprint density at radius 2 is 2.10 bits per heavy atom. The highest BCUT2D eigenvalue weighted by atomic mass is 32.2. The van der Waals surface area contributed by atoms with Crippen LogP contribution in [0.25, 0.3) is 0 Å². The van der Waals surface area contributed by atoms with Crippen molar-refractivity contribution < 1.29 is 17.7 Å². The van der Waals surface area contributed by atoms with Crippen molar-refractivity contribution in [1.29, 1.82) is 0 Å². The van der Waals surface area contributed by atoms with Crippen LogP contribution in [0.15, 0.2) is 18.2 Å². The molecule has 2 atom stereocenters. The number of nitrogens with zero attached hydrogens (tertiary/aromatic N) is 1. The van der Waals surface area contributed by atoms with Crippen LogP contribution < -0.4 is 5.32 Å². The van der Waals surface area contributed by atoms with E-state index in [-0.39, 0.29) is 11.4 Å². The van der Waals surface area contributed by atoms with E-state index >= 15 is 0 Å². The molecule has 1 aliphatic carbocycles. The minimum absolute atomic E-state index is 0.238. The van der Waals surface area contributed by atoms with E-state index in [0.717, 1.165) is 12.3 Å². The van der Waals surface area contributed by atoms with Crippen molar-refractivity contribution in [2.75, 3.05) is 11.6 Å². The van der Waals surface area contributed by atoms with E-state index in [9.17, 15) is 22.9 Å². The number of nitrogens with one attached hydrogen (secondary N) is 1. The molecule has 20 heavy (non-hydrogen) atoms. The van der Waals surface area contributed by atoms with E-state index in [0.29, 0.717) is 19.3 Å². The Morgan fingerprint density at radius 3 is 2.70 bits per heavy atom. The SMILES string of the molecule is CS(=O)(=O)C1CCCC1Nc1c(F)cccc1[N+](=O)[O-]. The lowest BCUT2D eigenvalue weighted by Gasteiger charge is -2.20. The number of nitro groups is 1. The second-order valence-electron chi connectivity index (χ2n) is 4.94. The van der Waals surface area contributed by atoms with Gasteiger partial charge >= 0.3 is 0 Å². The second-order valence-corrected chi connectivity index (χ2v) is 7.21. The number of halogens is 1. The van der Waals surface area contributed by atoms with Gasteiger partial charge in [-0.1, -0.05) is 6.07 Å². The second kappa shape index (κ2) is 5.35. The molecule has 0 heterocycles. The maximum atomic E-state index is 13.8. The van der Waals surface area contributed by atoms with Gasteiger partial charge in [0.25, 0.3) is 5.69 Å². The van der Waals surface area contributed by atoms with Crippen LogP contribution in [0.1, 0.15) is 19.3 Å². The number of benzene rings is 1. The van der Waals surface area contributed by atoms with E-state index in [1.54, 1.807) is 0 Å². The molecule has 2 rings (SSSR count). The van der Waals surface area contributed by atoms with Gasteiger partial charge in [0.1, 0.15) is 5.69 Å². The summed E-state index contributed by atoms with van der Waals surface area (Å²) >= 11 is 0. The van der Waals surface area contributed by atoms with Gasteiger partial charge in [0.2, 0.25) is 0 Å². The lowest BCUT2D eigenvalue weighted by Crippen LogP contribution is -2.34. The zero-order valence-corrected chi connectivity index (χ0v) is 11.7. The van der Waals surface area contributed by atoms with E-state index in [4.69, 9.17) is 0 Å². The molecule has 0 bridgehead atoms. The van der Waals surface area contributed by atoms with Crippen LogP contribution in [0, 0.1) is 15.9 Å². The third-order valence-corrected chi connectivity index (χ3v) is 5.18. The Balaban J connectivity index is 2.33. The molecule has 0 aliphatic heterocycles. The fraction of sp³-hybridized carbons (Fsp3) is 0.500. The fourth-order valence-electron chi connectivity index (χ4n) is 2.60. The normalized spacial score (nSPS) is 22.7. The highest BCUT2D eigenvalue weighted by Crippen LogP contribution is 2.33. The van der Waals surface area contributed by atoms with Gasteiger partial charge in [0.05, 0.1) is 10.2 Å². The predicted octanol–water partition coefficient (Wildman–Crippen LogP) is 2.11. The molecule has 1 fully saturated rings. The summed E-state index contributed by atoms with van der Waals surface area (Å²) < 4.78 is 37.1. The summed E-state index contributed by atoms with van der Waals surface area (Å²) in [5.74, 6) is -0.752. The molecule has 1 aromatic rings. The van der Waals surface area contributed by atoms with Crippen molar-refractivity contribution in [1.82, 2.24) is 0 Å². The predicted molar refractivity (Wildman–Crippen MR) is 72.9 cm³/mol. The van der Waals surface area contributed by atoms with Crippen LogP contribution in [-0.2, 0) is 9.84 Å². The van der Waals surface area contributed by atoms with Crippen LogP contribution in [0.5, 0.6) is 0 Å². The zero-order valence-electron chi connectivity index (χ0n) is 10.9. The van der Waals surface area contributed by atoms with Crippen molar-refractivity contribution in [2.45, 2.75) is 30.6 Å². The summed E-state index contributed by atoms with van der Waals surface area (Å²) in [6, 6.07) is 3.05. The molecular weight excluding hydrogens is 287 g/mol. The molecule has 0 aromatic heterocycles. The summed E-state index contributed by atoms with van der Waals surface area (Å²) in [5, 5.41) is 13.0. The van der Waals surface area contributed by atoms with Gasteiger partial charge in [-0.2, -0.15) is 0 Å². The van der Waals surface area contributed by atoms with Gasteiger partial charge < -0.3 is 5.32 Å². The summed E-state index contributed by atoms with van der Waals surface area (Å²) in [5.41, 5.74) is -0.623. The Bertz CT molecular complexity index is 632. The maximum absolute atomic E-state index is 13.8. The molecule has 0 spiro atoms. The topological polar surface area (TPSA) is 89.3 Å². The number of nitro benzene ring substituents is 1.